The normalized spacial score (nSPS) is 14.7. The van der Waals surface area contributed by atoms with Crippen molar-refractivity contribution in [2.24, 2.45) is 0 Å². The van der Waals surface area contributed by atoms with Gasteiger partial charge in [-0.2, -0.15) is 4.37 Å². The molecule has 1 aliphatic rings. The number of nitrogens with one attached hydrogen (secondary N) is 1. The highest BCUT2D eigenvalue weighted by atomic mass is 32.1. The molecule has 2 aromatic heterocycles. The smallest absolute Gasteiger partial charge is 0.229 e. The van der Waals surface area contributed by atoms with Gasteiger partial charge in [0.25, 0.3) is 0 Å². The Balaban J connectivity index is 1.15. The quantitative estimate of drug-likeness (QED) is 0.424. The topological polar surface area (TPSA) is 48.5 Å². The van der Waals surface area contributed by atoms with Crippen LogP contribution < -0.4 is 10.2 Å². The molecular weight excluding hydrogens is 436 g/mol. The molecule has 0 aliphatic carbocycles. The lowest BCUT2D eigenvalue weighted by molar-refractivity contribution is -0.115. The average Bonchev–Trinajstić information content (AvgIpc) is 3.49. The number of hydrogen-bond donors (Lipinski definition) is 1. The number of benzene rings is 2. The first kappa shape index (κ1) is 21.1. The summed E-state index contributed by atoms with van der Waals surface area (Å²) >= 11 is 3.20. The number of carbonyl (C=O) groups is 1. The maximum absolute atomic E-state index is 12.5. The standard InChI is InChI=1S/C25H26N4OS2/c30-24(18-20-7-5-17-31-20)26-22-9-3-1-6-19(22)11-12-28-13-15-29(16-14-28)25-21-8-2-4-10-23(21)32-27-25/h1-10,17H,11-16,18H2,(H,26,30). The minimum absolute atomic E-state index is 0.0454. The van der Waals surface area contributed by atoms with Crippen LogP contribution in [0.1, 0.15) is 10.4 Å². The molecule has 3 heterocycles. The van der Waals surface area contributed by atoms with Crippen LogP contribution in [0.2, 0.25) is 0 Å². The molecule has 1 amide bonds. The van der Waals surface area contributed by atoms with Crippen molar-refractivity contribution in [2.45, 2.75) is 12.8 Å². The van der Waals surface area contributed by atoms with Crippen molar-refractivity contribution < 1.29 is 4.79 Å². The zero-order valence-electron chi connectivity index (χ0n) is 17.9. The Kier molecular flexibility index (Phi) is 6.48. The number of fused-ring (bicyclic) bond motifs is 1. The summed E-state index contributed by atoms with van der Waals surface area (Å²) in [4.78, 5) is 18.5. The van der Waals surface area contributed by atoms with E-state index >= 15 is 0 Å². The average molecular weight is 463 g/mol. The molecule has 0 saturated carbocycles. The van der Waals surface area contributed by atoms with E-state index in [1.165, 1.54) is 15.6 Å². The molecular formula is C25H26N4OS2. The summed E-state index contributed by atoms with van der Waals surface area (Å²) in [5, 5.41) is 6.38. The van der Waals surface area contributed by atoms with Gasteiger partial charge in [0.15, 0.2) is 0 Å². The highest BCUT2D eigenvalue weighted by molar-refractivity contribution is 7.13. The van der Waals surface area contributed by atoms with Crippen LogP contribution in [0.15, 0.2) is 66.0 Å². The minimum atomic E-state index is 0.0454. The Labute approximate surface area is 196 Å². The van der Waals surface area contributed by atoms with Crippen molar-refractivity contribution in [1.82, 2.24) is 9.27 Å². The monoisotopic (exact) mass is 462 g/mol. The predicted molar refractivity (Wildman–Crippen MR) is 135 cm³/mol. The van der Waals surface area contributed by atoms with Gasteiger partial charge in [-0.1, -0.05) is 36.4 Å². The molecule has 0 bridgehead atoms. The SMILES string of the molecule is O=C(Cc1cccs1)Nc1ccccc1CCN1CCN(c2nsc3ccccc23)CC1. The summed E-state index contributed by atoms with van der Waals surface area (Å²) in [5.74, 6) is 1.17. The molecule has 0 atom stereocenters. The van der Waals surface area contributed by atoms with Gasteiger partial charge in [-0.25, -0.2) is 0 Å². The van der Waals surface area contributed by atoms with Crippen LogP contribution in [-0.2, 0) is 17.6 Å². The van der Waals surface area contributed by atoms with E-state index in [4.69, 9.17) is 4.37 Å². The molecule has 1 N–H and O–H groups in total. The van der Waals surface area contributed by atoms with E-state index in [0.717, 1.165) is 55.5 Å². The van der Waals surface area contributed by atoms with E-state index < -0.39 is 0 Å². The maximum atomic E-state index is 12.5. The van der Waals surface area contributed by atoms with E-state index in [2.05, 4.69) is 51.5 Å². The number of thiophene rings is 1. The van der Waals surface area contributed by atoms with E-state index in [0.29, 0.717) is 6.42 Å². The first-order valence-electron chi connectivity index (χ1n) is 11.0. The summed E-state index contributed by atoms with van der Waals surface area (Å²) < 4.78 is 5.97. The van der Waals surface area contributed by atoms with Crippen molar-refractivity contribution in [3.63, 3.8) is 0 Å². The number of amides is 1. The minimum Gasteiger partial charge on any atom is -0.353 e. The maximum Gasteiger partial charge on any atom is 0.229 e. The molecule has 164 valence electrons. The number of hydrogen-bond acceptors (Lipinski definition) is 6. The van der Waals surface area contributed by atoms with Crippen LogP contribution >= 0.6 is 22.9 Å². The molecule has 4 aromatic rings. The largest absolute Gasteiger partial charge is 0.353 e. The van der Waals surface area contributed by atoms with Crippen LogP contribution in [0.5, 0.6) is 0 Å². The first-order valence-corrected chi connectivity index (χ1v) is 12.6. The van der Waals surface area contributed by atoms with Crippen molar-refractivity contribution in [3.8, 4) is 0 Å². The number of carbonyl (C=O) groups excluding carboxylic acids is 1. The summed E-state index contributed by atoms with van der Waals surface area (Å²) in [6.07, 6.45) is 1.36. The molecule has 2 aromatic carbocycles. The fraction of sp³-hybridized carbons (Fsp3) is 0.280. The summed E-state index contributed by atoms with van der Waals surface area (Å²) in [6, 6.07) is 20.6. The van der Waals surface area contributed by atoms with Gasteiger partial charge in [0.05, 0.1) is 11.1 Å². The summed E-state index contributed by atoms with van der Waals surface area (Å²) in [6.45, 7) is 5.03. The molecule has 1 fully saturated rings. The third-order valence-corrected chi connectivity index (χ3v) is 7.63. The second-order valence-corrected chi connectivity index (χ2v) is 9.88. The van der Waals surface area contributed by atoms with E-state index in [1.54, 1.807) is 22.9 Å². The lowest BCUT2D eigenvalue weighted by atomic mass is 10.1. The first-order chi connectivity index (χ1) is 15.8. The number of para-hydroxylation sites is 1. The van der Waals surface area contributed by atoms with Crippen LogP contribution in [0.4, 0.5) is 11.5 Å². The Morgan fingerprint density at radius 3 is 2.62 bits per heavy atom. The molecule has 0 unspecified atom stereocenters. The second-order valence-electron chi connectivity index (χ2n) is 8.04. The van der Waals surface area contributed by atoms with Gasteiger partial charge in [-0.05, 0) is 53.2 Å². The van der Waals surface area contributed by atoms with Crippen LogP contribution in [0, 0.1) is 0 Å². The Morgan fingerprint density at radius 1 is 0.969 bits per heavy atom. The highest BCUT2D eigenvalue weighted by Gasteiger charge is 2.20. The lowest BCUT2D eigenvalue weighted by Gasteiger charge is -2.35. The predicted octanol–water partition coefficient (Wildman–Crippen LogP) is 4.90. The molecule has 32 heavy (non-hydrogen) atoms. The van der Waals surface area contributed by atoms with E-state index in [1.807, 2.05) is 29.6 Å². The van der Waals surface area contributed by atoms with Gasteiger partial charge in [0.1, 0.15) is 5.82 Å². The molecule has 7 heteroatoms. The Bertz CT molecular complexity index is 1180. The van der Waals surface area contributed by atoms with Gasteiger partial charge in [-0.15, -0.1) is 11.3 Å². The van der Waals surface area contributed by atoms with Gasteiger partial charge < -0.3 is 10.2 Å². The van der Waals surface area contributed by atoms with Gasteiger partial charge in [0, 0.05) is 48.7 Å². The second kappa shape index (κ2) is 9.81. The van der Waals surface area contributed by atoms with Crippen molar-refractivity contribution in [3.05, 3.63) is 76.5 Å². The molecule has 1 saturated heterocycles. The number of aromatic nitrogens is 1. The fourth-order valence-electron chi connectivity index (χ4n) is 4.19. The van der Waals surface area contributed by atoms with Gasteiger partial charge in [0.2, 0.25) is 5.91 Å². The van der Waals surface area contributed by atoms with Crippen LogP contribution in [-0.4, -0.2) is 47.9 Å². The molecule has 0 spiro atoms. The molecule has 1 aliphatic heterocycles. The third-order valence-electron chi connectivity index (χ3n) is 5.93. The highest BCUT2D eigenvalue weighted by Crippen LogP contribution is 2.30. The molecule has 0 radical (unpaired) electrons. The van der Waals surface area contributed by atoms with Crippen LogP contribution in [0.25, 0.3) is 10.1 Å². The Morgan fingerprint density at radius 2 is 1.78 bits per heavy atom. The summed E-state index contributed by atoms with van der Waals surface area (Å²) in [5.41, 5.74) is 2.13. The van der Waals surface area contributed by atoms with Crippen molar-refractivity contribution >= 4 is 50.4 Å². The van der Waals surface area contributed by atoms with Crippen molar-refractivity contribution in [2.75, 3.05) is 42.9 Å². The van der Waals surface area contributed by atoms with Gasteiger partial charge >= 0.3 is 0 Å². The van der Waals surface area contributed by atoms with Crippen LogP contribution in [0.3, 0.4) is 0 Å². The van der Waals surface area contributed by atoms with Gasteiger partial charge in [-0.3, -0.25) is 9.69 Å². The summed E-state index contributed by atoms with van der Waals surface area (Å²) in [7, 11) is 0. The van der Waals surface area contributed by atoms with E-state index in [-0.39, 0.29) is 5.91 Å². The molecule has 5 nitrogen and oxygen atoms in total. The van der Waals surface area contributed by atoms with Crippen molar-refractivity contribution in [1.29, 1.82) is 0 Å². The number of rotatable bonds is 7. The zero-order valence-corrected chi connectivity index (χ0v) is 19.5. The van der Waals surface area contributed by atoms with E-state index in [9.17, 15) is 4.79 Å². The number of anilines is 2. The number of piperazine rings is 1. The third kappa shape index (κ3) is 4.85. The fourth-order valence-corrected chi connectivity index (χ4v) is 5.69. The molecule has 5 rings (SSSR count). The number of nitrogens with zero attached hydrogens (tertiary/aromatic N) is 3. The Hall–Kier alpha value is -2.74. The lowest BCUT2D eigenvalue weighted by Crippen LogP contribution is -2.47. The zero-order chi connectivity index (χ0) is 21.8.